The summed E-state index contributed by atoms with van der Waals surface area (Å²) in [6.45, 7) is 2.21. The molecule has 0 aliphatic rings. The van der Waals surface area contributed by atoms with Crippen LogP contribution in [0.1, 0.15) is 25.3 Å². The van der Waals surface area contributed by atoms with E-state index < -0.39 is 0 Å². The molecule has 0 radical (unpaired) electrons. The molecule has 0 aliphatic heterocycles. The number of unbranched alkanes of at least 4 members (excludes halogenated alkanes) is 1. The second kappa shape index (κ2) is 5.53. The van der Waals surface area contributed by atoms with E-state index in [9.17, 15) is 5.11 Å². The van der Waals surface area contributed by atoms with Gasteiger partial charge >= 0.3 is 0 Å². The van der Waals surface area contributed by atoms with Crippen molar-refractivity contribution < 1.29 is 5.11 Å². The minimum Gasteiger partial charge on any atom is -0.508 e. The SMILES string of the molecule is CCCCc1ccc(-c2cccc(O)c2)cc1. The summed E-state index contributed by atoms with van der Waals surface area (Å²) < 4.78 is 0. The van der Waals surface area contributed by atoms with Gasteiger partial charge < -0.3 is 5.11 Å². The van der Waals surface area contributed by atoms with Crippen molar-refractivity contribution in [2.75, 3.05) is 0 Å². The number of rotatable bonds is 4. The van der Waals surface area contributed by atoms with Crippen LogP contribution in [-0.4, -0.2) is 5.11 Å². The Labute approximate surface area is 103 Å². The summed E-state index contributed by atoms with van der Waals surface area (Å²) in [5, 5.41) is 9.45. The second-order valence-corrected chi connectivity index (χ2v) is 4.35. The van der Waals surface area contributed by atoms with Crippen LogP contribution in [0.2, 0.25) is 0 Å². The Hall–Kier alpha value is -1.76. The van der Waals surface area contributed by atoms with E-state index in [4.69, 9.17) is 0 Å². The molecule has 1 heteroatoms. The number of hydrogen-bond acceptors (Lipinski definition) is 1. The molecule has 0 saturated carbocycles. The highest BCUT2D eigenvalue weighted by atomic mass is 16.3. The van der Waals surface area contributed by atoms with Gasteiger partial charge in [0.2, 0.25) is 0 Å². The fraction of sp³-hybridized carbons (Fsp3) is 0.250. The third-order valence-corrected chi connectivity index (χ3v) is 2.95. The van der Waals surface area contributed by atoms with Gasteiger partial charge in [-0.1, -0.05) is 49.7 Å². The van der Waals surface area contributed by atoms with Crippen molar-refractivity contribution in [3.8, 4) is 16.9 Å². The molecule has 2 aromatic rings. The van der Waals surface area contributed by atoms with Crippen molar-refractivity contribution >= 4 is 0 Å². The summed E-state index contributed by atoms with van der Waals surface area (Å²) in [6, 6.07) is 16.0. The Morgan fingerprint density at radius 3 is 2.35 bits per heavy atom. The van der Waals surface area contributed by atoms with Crippen LogP contribution in [0.3, 0.4) is 0 Å². The molecule has 0 amide bonds. The van der Waals surface area contributed by atoms with Crippen molar-refractivity contribution in [2.24, 2.45) is 0 Å². The summed E-state index contributed by atoms with van der Waals surface area (Å²) in [5.41, 5.74) is 3.60. The Morgan fingerprint density at radius 2 is 1.71 bits per heavy atom. The Morgan fingerprint density at radius 1 is 0.941 bits per heavy atom. The standard InChI is InChI=1S/C16H18O/c1-2-3-5-13-8-10-14(11-9-13)15-6-4-7-16(17)12-15/h4,6-12,17H,2-3,5H2,1H3. The van der Waals surface area contributed by atoms with Crippen LogP contribution in [0.5, 0.6) is 5.75 Å². The van der Waals surface area contributed by atoms with E-state index in [1.165, 1.54) is 18.4 Å². The first-order valence-corrected chi connectivity index (χ1v) is 6.18. The molecular weight excluding hydrogens is 208 g/mol. The van der Waals surface area contributed by atoms with Gasteiger partial charge in [-0.25, -0.2) is 0 Å². The molecule has 2 rings (SSSR count). The number of benzene rings is 2. The van der Waals surface area contributed by atoms with Crippen molar-refractivity contribution in [3.63, 3.8) is 0 Å². The Kier molecular flexibility index (Phi) is 3.81. The smallest absolute Gasteiger partial charge is 0.116 e. The van der Waals surface area contributed by atoms with Gasteiger partial charge in [0.05, 0.1) is 0 Å². The molecule has 0 atom stereocenters. The van der Waals surface area contributed by atoms with Gasteiger partial charge in [0, 0.05) is 0 Å². The maximum atomic E-state index is 9.45. The van der Waals surface area contributed by atoms with E-state index in [-0.39, 0.29) is 0 Å². The monoisotopic (exact) mass is 226 g/mol. The lowest BCUT2D eigenvalue weighted by Gasteiger charge is -2.04. The first-order valence-electron chi connectivity index (χ1n) is 6.18. The summed E-state index contributed by atoms with van der Waals surface area (Å²) in [5.74, 6) is 0.317. The van der Waals surface area contributed by atoms with Crippen LogP contribution in [-0.2, 0) is 6.42 Å². The highest BCUT2D eigenvalue weighted by Crippen LogP contribution is 2.23. The Bertz CT molecular complexity index is 471. The van der Waals surface area contributed by atoms with Gasteiger partial charge in [0.25, 0.3) is 0 Å². The maximum absolute atomic E-state index is 9.45. The molecule has 0 aliphatic carbocycles. The van der Waals surface area contributed by atoms with Crippen LogP contribution in [0.4, 0.5) is 0 Å². The molecule has 0 unspecified atom stereocenters. The summed E-state index contributed by atoms with van der Waals surface area (Å²) >= 11 is 0. The second-order valence-electron chi connectivity index (χ2n) is 4.35. The summed E-state index contributed by atoms with van der Waals surface area (Å²) in [6.07, 6.45) is 3.62. The van der Waals surface area contributed by atoms with Gasteiger partial charge in [-0.3, -0.25) is 0 Å². The van der Waals surface area contributed by atoms with Crippen molar-refractivity contribution in [1.29, 1.82) is 0 Å². The largest absolute Gasteiger partial charge is 0.508 e. The normalized spacial score (nSPS) is 10.4. The van der Waals surface area contributed by atoms with Gasteiger partial charge in [-0.15, -0.1) is 0 Å². The van der Waals surface area contributed by atoms with E-state index in [0.29, 0.717) is 5.75 Å². The molecule has 0 heterocycles. The van der Waals surface area contributed by atoms with E-state index in [1.807, 2.05) is 12.1 Å². The van der Waals surface area contributed by atoms with Crippen molar-refractivity contribution in [2.45, 2.75) is 26.2 Å². The minimum atomic E-state index is 0.317. The molecule has 88 valence electrons. The van der Waals surface area contributed by atoms with E-state index in [0.717, 1.165) is 17.5 Å². The fourth-order valence-electron chi connectivity index (χ4n) is 1.93. The average Bonchev–Trinajstić information content (AvgIpc) is 2.37. The predicted molar refractivity (Wildman–Crippen MR) is 72.2 cm³/mol. The zero-order valence-electron chi connectivity index (χ0n) is 10.2. The Balaban J connectivity index is 2.17. The van der Waals surface area contributed by atoms with Gasteiger partial charge in [0.15, 0.2) is 0 Å². The zero-order valence-corrected chi connectivity index (χ0v) is 10.2. The average molecular weight is 226 g/mol. The van der Waals surface area contributed by atoms with Crippen molar-refractivity contribution in [1.82, 2.24) is 0 Å². The molecule has 0 spiro atoms. The molecule has 0 fully saturated rings. The van der Waals surface area contributed by atoms with Crippen LogP contribution < -0.4 is 0 Å². The molecule has 0 aromatic heterocycles. The first kappa shape index (κ1) is 11.7. The fourth-order valence-corrected chi connectivity index (χ4v) is 1.93. The number of phenols is 1. The highest BCUT2D eigenvalue weighted by Gasteiger charge is 1.99. The van der Waals surface area contributed by atoms with Gasteiger partial charge in [-0.2, -0.15) is 0 Å². The molecular formula is C16H18O. The number of hydrogen-bond donors (Lipinski definition) is 1. The predicted octanol–water partition coefficient (Wildman–Crippen LogP) is 4.40. The molecule has 0 saturated heterocycles. The maximum Gasteiger partial charge on any atom is 0.116 e. The highest BCUT2D eigenvalue weighted by molar-refractivity contribution is 5.65. The summed E-state index contributed by atoms with van der Waals surface area (Å²) in [7, 11) is 0. The molecule has 1 nitrogen and oxygen atoms in total. The third-order valence-electron chi connectivity index (χ3n) is 2.95. The van der Waals surface area contributed by atoms with Crippen molar-refractivity contribution in [3.05, 3.63) is 54.1 Å². The number of phenolic OH excluding ortho intramolecular Hbond substituents is 1. The number of aromatic hydroxyl groups is 1. The summed E-state index contributed by atoms with van der Waals surface area (Å²) in [4.78, 5) is 0. The van der Waals surface area contributed by atoms with Crippen LogP contribution in [0.25, 0.3) is 11.1 Å². The quantitative estimate of drug-likeness (QED) is 0.819. The van der Waals surface area contributed by atoms with Gasteiger partial charge in [0.1, 0.15) is 5.75 Å². The topological polar surface area (TPSA) is 20.2 Å². The van der Waals surface area contributed by atoms with E-state index in [1.54, 1.807) is 12.1 Å². The lowest BCUT2D eigenvalue weighted by molar-refractivity contribution is 0.475. The molecule has 2 aromatic carbocycles. The van der Waals surface area contributed by atoms with Crippen LogP contribution in [0.15, 0.2) is 48.5 Å². The molecule has 0 bridgehead atoms. The number of aryl methyl sites for hydroxylation is 1. The molecule has 1 N–H and O–H groups in total. The zero-order chi connectivity index (χ0) is 12.1. The lowest BCUT2D eigenvalue weighted by atomic mass is 10.0. The lowest BCUT2D eigenvalue weighted by Crippen LogP contribution is -1.84. The third kappa shape index (κ3) is 3.10. The first-order chi connectivity index (χ1) is 8.29. The molecule has 17 heavy (non-hydrogen) atoms. The van der Waals surface area contributed by atoms with E-state index in [2.05, 4.69) is 31.2 Å². The van der Waals surface area contributed by atoms with E-state index >= 15 is 0 Å². The minimum absolute atomic E-state index is 0.317. The van der Waals surface area contributed by atoms with Gasteiger partial charge in [-0.05, 0) is 41.7 Å². The van der Waals surface area contributed by atoms with Crippen LogP contribution in [0, 0.1) is 0 Å². The van der Waals surface area contributed by atoms with Crippen LogP contribution >= 0.6 is 0 Å².